The number of carbonyl (C=O) groups is 1. The molecule has 12 atom stereocenters. The van der Waals surface area contributed by atoms with Crippen molar-refractivity contribution >= 4 is 5.97 Å². The summed E-state index contributed by atoms with van der Waals surface area (Å²) in [7, 11) is 0. The Kier molecular flexibility index (Phi) is 4.80. The zero-order valence-corrected chi connectivity index (χ0v) is 21.2. The summed E-state index contributed by atoms with van der Waals surface area (Å²) in [5, 5.41) is 47.8. The van der Waals surface area contributed by atoms with E-state index in [1.807, 2.05) is 6.07 Å². The molecule has 7 fully saturated rings. The van der Waals surface area contributed by atoms with Crippen molar-refractivity contribution in [1.29, 1.82) is 0 Å². The van der Waals surface area contributed by atoms with Crippen LogP contribution in [0, 0.1) is 39.9 Å². The number of hydrogen-bond acceptors (Lipinski definition) is 7. The van der Waals surface area contributed by atoms with E-state index in [-0.39, 0.29) is 29.9 Å². The highest BCUT2D eigenvalue weighted by Crippen LogP contribution is 2.83. The summed E-state index contributed by atoms with van der Waals surface area (Å²) < 4.78 is 5.59. The highest BCUT2D eigenvalue weighted by molar-refractivity contribution is 5.89. The number of esters is 1. The van der Waals surface area contributed by atoms with E-state index < -0.39 is 46.6 Å². The van der Waals surface area contributed by atoms with E-state index in [2.05, 4.69) is 18.7 Å². The van der Waals surface area contributed by atoms with Crippen LogP contribution in [0.5, 0.6) is 0 Å². The predicted molar refractivity (Wildman–Crippen MR) is 131 cm³/mol. The monoisotopic (exact) mass is 497 g/mol. The molecule has 7 heteroatoms. The van der Waals surface area contributed by atoms with Crippen LogP contribution in [0.1, 0.15) is 56.3 Å². The van der Waals surface area contributed by atoms with E-state index >= 15 is 0 Å². The molecule has 7 bridgehead atoms. The fourth-order valence-electron chi connectivity index (χ4n) is 11.3. The number of rotatable bonds is 4. The van der Waals surface area contributed by atoms with Crippen LogP contribution in [0.25, 0.3) is 0 Å². The van der Waals surface area contributed by atoms with Gasteiger partial charge in [0.15, 0.2) is 0 Å². The maximum absolute atomic E-state index is 12.7. The maximum Gasteiger partial charge on any atom is 0.338 e. The van der Waals surface area contributed by atoms with Gasteiger partial charge in [0.25, 0.3) is 0 Å². The van der Waals surface area contributed by atoms with Gasteiger partial charge in [-0.2, -0.15) is 0 Å². The summed E-state index contributed by atoms with van der Waals surface area (Å²) in [5.74, 6) is -1.01. The fraction of sp³-hybridized carbons (Fsp3) is 0.759. The Bertz CT molecular complexity index is 1080. The molecule has 4 N–H and O–H groups in total. The van der Waals surface area contributed by atoms with Gasteiger partial charge in [0.1, 0.15) is 12.2 Å². The SMILES string of the molecule is CCN1CC2(C)CCC(O)C34C1C(CC23)C12CCC(C(O)C14)C(O)(COC(=O)c1ccccc1)C2O. The average molecular weight is 498 g/mol. The molecule has 1 aromatic rings. The van der Waals surface area contributed by atoms with Crippen LogP contribution < -0.4 is 0 Å². The number of ether oxygens (including phenoxy) is 1. The molecule has 1 saturated heterocycles. The van der Waals surface area contributed by atoms with Gasteiger partial charge in [-0.05, 0) is 68.0 Å². The Morgan fingerprint density at radius 1 is 1.11 bits per heavy atom. The number of hydrogen-bond donors (Lipinski definition) is 4. The molecule has 1 aliphatic heterocycles. The number of aliphatic hydroxyl groups excluding tert-OH is 3. The van der Waals surface area contributed by atoms with Crippen LogP contribution in [0.4, 0.5) is 0 Å². The van der Waals surface area contributed by atoms with Crippen molar-refractivity contribution in [1.82, 2.24) is 4.90 Å². The molecule has 0 amide bonds. The zero-order valence-electron chi connectivity index (χ0n) is 21.2. The van der Waals surface area contributed by atoms with Crippen molar-refractivity contribution in [2.75, 3.05) is 19.7 Å². The summed E-state index contributed by atoms with van der Waals surface area (Å²) in [6.07, 6.45) is 1.44. The number of benzene rings is 1. The molecule has 2 spiro atoms. The zero-order chi connectivity index (χ0) is 25.3. The van der Waals surface area contributed by atoms with Gasteiger partial charge in [0.2, 0.25) is 0 Å². The van der Waals surface area contributed by atoms with E-state index in [0.717, 1.165) is 38.8 Å². The number of piperidine rings is 1. The first-order valence-electron chi connectivity index (χ1n) is 13.9. The molecule has 7 aliphatic rings. The van der Waals surface area contributed by atoms with E-state index in [9.17, 15) is 25.2 Å². The Balaban J connectivity index is 1.29. The number of aliphatic hydroxyl groups is 4. The first kappa shape index (κ1) is 23.6. The molecule has 8 rings (SSSR count). The lowest BCUT2D eigenvalue weighted by molar-refractivity contribution is -0.329. The second-order valence-electron chi connectivity index (χ2n) is 13.2. The van der Waals surface area contributed by atoms with Gasteiger partial charge in [-0.1, -0.05) is 32.0 Å². The van der Waals surface area contributed by atoms with Crippen LogP contribution in [0.15, 0.2) is 30.3 Å². The molecule has 12 unspecified atom stereocenters. The summed E-state index contributed by atoms with van der Waals surface area (Å²) in [6, 6.07) is 8.75. The third kappa shape index (κ3) is 2.42. The summed E-state index contributed by atoms with van der Waals surface area (Å²) >= 11 is 0. The van der Waals surface area contributed by atoms with Crippen LogP contribution in [0.2, 0.25) is 0 Å². The van der Waals surface area contributed by atoms with E-state index in [1.165, 1.54) is 0 Å². The minimum absolute atomic E-state index is 0.0873. The lowest BCUT2D eigenvalue weighted by atomic mass is 9.37. The summed E-state index contributed by atoms with van der Waals surface area (Å²) in [4.78, 5) is 15.2. The molecule has 0 radical (unpaired) electrons. The first-order valence-corrected chi connectivity index (χ1v) is 13.9. The molecule has 0 aromatic heterocycles. The molecule has 6 aliphatic carbocycles. The van der Waals surface area contributed by atoms with E-state index in [0.29, 0.717) is 17.9 Å². The van der Waals surface area contributed by atoms with Crippen molar-refractivity contribution < 1.29 is 30.0 Å². The Morgan fingerprint density at radius 3 is 2.58 bits per heavy atom. The molecule has 196 valence electrons. The van der Waals surface area contributed by atoms with Gasteiger partial charge in [-0.25, -0.2) is 4.79 Å². The summed E-state index contributed by atoms with van der Waals surface area (Å²) in [6.45, 7) is 6.05. The van der Waals surface area contributed by atoms with Crippen LogP contribution in [0.3, 0.4) is 0 Å². The van der Waals surface area contributed by atoms with E-state index in [4.69, 9.17) is 4.74 Å². The highest BCUT2D eigenvalue weighted by atomic mass is 16.5. The molecule has 1 heterocycles. The molecular weight excluding hydrogens is 458 g/mol. The number of carbonyl (C=O) groups excluding carboxylic acids is 1. The Morgan fingerprint density at radius 2 is 1.86 bits per heavy atom. The Hall–Kier alpha value is -1.51. The van der Waals surface area contributed by atoms with Gasteiger partial charge in [-0.3, -0.25) is 4.90 Å². The largest absolute Gasteiger partial charge is 0.459 e. The maximum atomic E-state index is 12.7. The summed E-state index contributed by atoms with van der Waals surface area (Å²) in [5.41, 5.74) is -2.39. The standard InChI is InChI=1S/C29H39NO6/c1-3-30-14-26(2)11-10-20(31)29-19(26)13-18(23(29)30)27-12-9-17(21(32)22(27)29)28(35,25(27)34)15-36-24(33)16-7-5-4-6-8-16/h4-8,17-23,25,31-32,34-35H,3,9-15H2,1-2H3. The van der Waals surface area contributed by atoms with Crippen LogP contribution in [-0.2, 0) is 4.74 Å². The van der Waals surface area contributed by atoms with Crippen LogP contribution in [-0.4, -0.2) is 80.9 Å². The molecule has 7 nitrogen and oxygen atoms in total. The van der Waals surface area contributed by atoms with Crippen LogP contribution >= 0.6 is 0 Å². The second kappa shape index (κ2) is 7.32. The third-order valence-electron chi connectivity index (χ3n) is 12.3. The van der Waals surface area contributed by atoms with Gasteiger partial charge in [0.05, 0.1) is 23.9 Å². The molecular formula is C29H39NO6. The van der Waals surface area contributed by atoms with Crippen molar-refractivity contribution in [3.63, 3.8) is 0 Å². The fourth-order valence-corrected chi connectivity index (χ4v) is 11.3. The van der Waals surface area contributed by atoms with Crippen molar-refractivity contribution in [2.24, 2.45) is 39.9 Å². The lowest BCUT2D eigenvalue weighted by Gasteiger charge is -2.71. The lowest BCUT2D eigenvalue weighted by Crippen LogP contribution is -2.78. The predicted octanol–water partition coefficient (Wildman–Crippen LogP) is 1.82. The molecule has 36 heavy (non-hydrogen) atoms. The number of fused-ring (bicyclic) bond motifs is 2. The van der Waals surface area contributed by atoms with Crippen molar-refractivity contribution in [3.05, 3.63) is 35.9 Å². The quantitative estimate of drug-likeness (QED) is 0.470. The minimum atomic E-state index is -1.71. The van der Waals surface area contributed by atoms with Gasteiger partial charge in [-0.15, -0.1) is 0 Å². The van der Waals surface area contributed by atoms with Crippen molar-refractivity contribution in [3.8, 4) is 0 Å². The number of likely N-dealkylation sites (tertiary alicyclic amines) is 1. The topological polar surface area (TPSA) is 110 Å². The van der Waals surface area contributed by atoms with Crippen molar-refractivity contribution in [2.45, 2.75) is 75.9 Å². The molecule has 1 aromatic carbocycles. The minimum Gasteiger partial charge on any atom is -0.459 e. The third-order valence-corrected chi connectivity index (χ3v) is 12.3. The highest BCUT2D eigenvalue weighted by Gasteiger charge is 2.88. The number of nitrogens with zero attached hydrogens (tertiary/aromatic N) is 1. The molecule has 6 saturated carbocycles. The smallest absolute Gasteiger partial charge is 0.338 e. The first-order chi connectivity index (χ1) is 17.2. The van der Waals surface area contributed by atoms with Gasteiger partial charge in [0, 0.05) is 35.3 Å². The van der Waals surface area contributed by atoms with Gasteiger partial charge < -0.3 is 25.2 Å². The second-order valence-corrected chi connectivity index (χ2v) is 13.2. The Labute approximate surface area is 212 Å². The van der Waals surface area contributed by atoms with Gasteiger partial charge >= 0.3 is 5.97 Å². The van der Waals surface area contributed by atoms with E-state index in [1.54, 1.807) is 24.3 Å². The normalized spacial score (nSPS) is 54.4. The average Bonchev–Trinajstić information content (AvgIpc) is 3.32.